The molecule has 3 rings (SSSR count). The van der Waals surface area contributed by atoms with Crippen LogP contribution in [-0.2, 0) is 4.74 Å². The van der Waals surface area contributed by atoms with Crippen molar-refractivity contribution in [3.05, 3.63) is 12.0 Å². The number of rotatable bonds is 1. The van der Waals surface area contributed by atoms with Gasteiger partial charge in [-0.2, -0.15) is 5.10 Å². The van der Waals surface area contributed by atoms with Crippen molar-refractivity contribution in [3.63, 3.8) is 0 Å². The van der Waals surface area contributed by atoms with E-state index in [1.165, 1.54) is 38.4 Å². The monoisotopic (exact) mass is 408 g/mol. The molecule has 166 valence electrons. The molecule has 2 aromatic heterocycles. The van der Waals surface area contributed by atoms with Crippen LogP contribution < -0.4 is 11.5 Å². The van der Waals surface area contributed by atoms with Crippen LogP contribution in [0.1, 0.15) is 92.3 Å². The van der Waals surface area contributed by atoms with Crippen molar-refractivity contribution in [1.29, 1.82) is 0 Å². The molecule has 0 aliphatic heterocycles. The first kappa shape index (κ1) is 26.6. The molecule has 1 fully saturated rings. The minimum atomic E-state index is -0.725. The van der Waals surface area contributed by atoms with E-state index in [1.54, 1.807) is 20.8 Å². The fourth-order valence-electron chi connectivity index (χ4n) is 3.05. The number of carbonyl (C=O) groups excluding carboxylic acids is 1. The summed E-state index contributed by atoms with van der Waals surface area (Å²) in [6.07, 6.45) is 7.10. The predicted octanol–water partition coefficient (Wildman–Crippen LogP) is 5.15. The van der Waals surface area contributed by atoms with Crippen LogP contribution in [0.15, 0.2) is 6.33 Å². The van der Waals surface area contributed by atoms with Gasteiger partial charge in [0.25, 0.3) is 0 Å². The molecule has 1 saturated carbocycles. The number of nitrogens with two attached hydrogens (primary N) is 2. The zero-order valence-corrected chi connectivity index (χ0v) is 19.5. The number of aromatic nitrogens is 4. The zero-order chi connectivity index (χ0) is 22.6. The van der Waals surface area contributed by atoms with E-state index in [0.29, 0.717) is 11.9 Å². The largest absolute Gasteiger partial charge is 0.444 e. The van der Waals surface area contributed by atoms with Crippen LogP contribution in [0.2, 0.25) is 0 Å². The molecule has 29 heavy (non-hydrogen) atoms. The van der Waals surface area contributed by atoms with Gasteiger partial charge in [-0.05, 0) is 40.5 Å². The molecule has 0 spiro atoms. The highest BCUT2D eigenvalue weighted by atomic mass is 16.6. The van der Waals surface area contributed by atoms with Crippen LogP contribution in [0.4, 0.5) is 10.6 Å². The summed E-state index contributed by atoms with van der Waals surface area (Å²) in [6.45, 7) is 15.3. The number of ether oxygens (including phenoxy) is 1. The first-order chi connectivity index (χ1) is 13.7. The molecule has 1 amide bonds. The van der Waals surface area contributed by atoms with E-state index in [4.69, 9.17) is 11.5 Å². The molecule has 1 aliphatic carbocycles. The fourth-order valence-corrected chi connectivity index (χ4v) is 3.05. The molecule has 0 radical (unpaired) electrons. The molecular formula is C21H40N6O2. The third kappa shape index (κ3) is 8.66. The maximum atomic E-state index is 10.0. The fraction of sp³-hybridized carbons (Fsp3) is 0.714. The summed E-state index contributed by atoms with van der Waals surface area (Å²) in [5.41, 5.74) is 12.0. The van der Waals surface area contributed by atoms with Crippen molar-refractivity contribution in [3.8, 4) is 0 Å². The third-order valence-electron chi connectivity index (χ3n) is 4.02. The van der Waals surface area contributed by atoms with Gasteiger partial charge in [-0.1, -0.05) is 47.0 Å². The second-order valence-electron chi connectivity index (χ2n) is 7.31. The second-order valence-corrected chi connectivity index (χ2v) is 7.31. The van der Waals surface area contributed by atoms with Crippen molar-refractivity contribution in [2.24, 2.45) is 5.73 Å². The minimum Gasteiger partial charge on any atom is -0.444 e. The molecule has 0 aromatic carbocycles. The molecule has 8 heteroatoms. The highest BCUT2D eigenvalue weighted by Crippen LogP contribution is 2.31. The van der Waals surface area contributed by atoms with Crippen molar-refractivity contribution in [1.82, 2.24) is 19.7 Å². The Morgan fingerprint density at radius 3 is 2.10 bits per heavy atom. The lowest BCUT2D eigenvalue weighted by molar-refractivity contribution is 0.0600. The van der Waals surface area contributed by atoms with E-state index in [0.717, 1.165) is 16.7 Å². The Kier molecular flexibility index (Phi) is 11.9. The quantitative estimate of drug-likeness (QED) is 0.672. The van der Waals surface area contributed by atoms with Gasteiger partial charge in [-0.15, -0.1) is 0 Å². The van der Waals surface area contributed by atoms with Crippen LogP contribution >= 0.6 is 0 Å². The number of carbonyl (C=O) groups is 1. The Morgan fingerprint density at radius 1 is 1.10 bits per heavy atom. The summed E-state index contributed by atoms with van der Waals surface area (Å²) in [5.74, 6) is 0.537. The van der Waals surface area contributed by atoms with Crippen LogP contribution in [0.5, 0.6) is 0 Å². The maximum Gasteiger partial charge on any atom is 0.405 e. The number of hydrogen-bond donors (Lipinski definition) is 2. The number of fused-ring (bicyclic) bond motifs is 1. The van der Waals surface area contributed by atoms with Crippen LogP contribution in [0, 0.1) is 6.92 Å². The van der Waals surface area contributed by atoms with E-state index in [2.05, 4.69) is 24.5 Å². The van der Waals surface area contributed by atoms with Crippen molar-refractivity contribution in [2.75, 3.05) is 5.73 Å². The highest BCUT2D eigenvalue weighted by Gasteiger charge is 2.21. The maximum absolute atomic E-state index is 10.0. The molecule has 0 bridgehead atoms. The number of primary amides is 1. The summed E-state index contributed by atoms with van der Waals surface area (Å²) < 4.78 is 6.63. The van der Waals surface area contributed by atoms with Gasteiger partial charge in [0.05, 0.1) is 17.1 Å². The summed E-state index contributed by atoms with van der Waals surface area (Å²) in [5, 5.41) is 5.52. The lowest BCUT2D eigenvalue weighted by Gasteiger charge is -2.22. The average Bonchev–Trinajstić information content (AvgIpc) is 3.02. The number of amides is 1. The number of hydrogen-bond acceptors (Lipinski definition) is 6. The number of nitrogens with zero attached hydrogens (tertiary/aromatic N) is 4. The van der Waals surface area contributed by atoms with E-state index in [9.17, 15) is 4.79 Å². The average molecular weight is 409 g/mol. The van der Waals surface area contributed by atoms with E-state index >= 15 is 0 Å². The smallest absolute Gasteiger partial charge is 0.405 e. The van der Waals surface area contributed by atoms with Crippen LogP contribution in [0.25, 0.3) is 11.0 Å². The van der Waals surface area contributed by atoms with Gasteiger partial charge < -0.3 is 16.2 Å². The van der Waals surface area contributed by atoms with Gasteiger partial charge in [0.15, 0.2) is 5.65 Å². The second kappa shape index (κ2) is 13.0. The van der Waals surface area contributed by atoms with E-state index in [1.807, 2.05) is 34.6 Å². The van der Waals surface area contributed by atoms with Gasteiger partial charge in [-0.3, -0.25) is 0 Å². The summed E-state index contributed by atoms with van der Waals surface area (Å²) in [7, 11) is 0. The zero-order valence-electron chi connectivity index (χ0n) is 19.5. The van der Waals surface area contributed by atoms with Crippen molar-refractivity contribution >= 4 is 22.9 Å². The Bertz CT molecular complexity index is 731. The Hall–Kier alpha value is -2.38. The molecule has 8 nitrogen and oxygen atoms in total. The normalized spacial score (nSPS) is 13.8. The topological polar surface area (TPSA) is 122 Å². The predicted molar refractivity (Wildman–Crippen MR) is 120 cm³/mol. The molecule has 0 saturated heterocycles. The van der Waals surface area contributed by atoms with Gasteiger partial charge in [-0.25, -0.2) is 19.4 Å². The van der Waals surface area contributed by atoms with E-state index in [-0.39, 0.29) is 0 Å². The molecule has 4 N–H and O–H groups in total. The molecule has 2 heterocycles. The summed E-state index contributed by atoms with van der Waals surface area (Å²) in [4.78, 5) is 18.4. The first-order valence-corrected chi connectivity index (χ1v) is 10.6. The standard InChI is InChI=1S/C12H17N5.C5H11NO2.2C2H6/c1-8-10-11(13)14-7-15-12(10)17(16-8)9-5-3-2-4-6-9;1-5(2,3)8-4(6)7;2*1-2/h7,9H,2-6H2,1H3,(H2,13,14,15);1-3H3,(H2,6,7);2*1-2H3. The number of aryl methyl sites for hydroxylation is 1. The lowest BCUT2D eigenvalue weighted by Crippen LogP contribution is -2.27. The summed E-state index contributed by atoms with van der Waals surface area (Å²) >= 11 is 0. The van der Waals surface area contributed by atoms with Gasteiger partial charge >= 0.3 is 6.09 Å². The lowest BCUT2D eigenvalue weighted by atomic mass is 9.96. The van der Waals surface area contributed by atoms with Crippen molar-refractivity contribution in [2.45, 2.75) is 99.1 Å². The summed E-state index contributed by atoms with van der Waals surface area (Å²) in [6, 6.07) is 0.481. The minimum absolute atomic E-state index is 0.453. The van der Waals surface area contributed by atoms with Gasteiger partial charge in [0.2, 0.25) is 0 Å². The van der Waals surface area contributed by atoms with Gasteiger partial charge in [0.1, 0.15) is 17.7 Å². The Labute approximate surface area is 175 Å². The first-order valence-electron chi connectivity index (χ1n) is 10.6. The Morgan fingerprint density at radius 2 is 1.66 bits per heavy atom. The highest BCUT2D eigenvalue weighted by molar-refractivity contribution is 5.87. The Balaban J connectivity index is 0.000000557. The number of anilines is 1. The van der Waals surface area contributed by atoms with E-state index < -0.39 is 11.7 Å². The van der Waals surface area contributed by atoms with Gasteiger partial charge in [0, 0.05) is 0 Å². The van der Waals surface area contributed by atoms with Crippen LogP contribution in [0.3, 0.4) is 0 Å². The van der Waals surface area contributed by atoms with Crippen molar-refractivity contribution < 1.29 is 9.53 Å². The molecule has 1 aliphatic rings. The third-order valence-corrected chi connectivity index (χ3v) is 4.02. The SMILES string of the molecule is CC.CC.CC(C)(C)OC(N)=O.Cc1nn(C2CCCCC2)c2ncnc(N)c12. The number of nitrogen functional groups attached to an aromatic ring is 1. The van der Waals surface area contributed by atoms with Crippen LogP contribution in [-0.4, -0.2) is 31.4 Å². The molecule has 0 unspecified atom stereocenters. The molecule has 0 atom stereocenters. The molecular weight excluding hydrogens is 368 g/mol. The molecule has 2 aromatic rings.